The summed E-state index contributed by atoms with van der Waals surface area (Å²) in [4.78, 5) is 0. The maximum Gasteiger partial charge on any atom is 0.126 e. The summed E-state index contributed by atoms with van der Waals surface area (Å²) in [5, 5.41) is 0. The predicted octanol–water partition coefficient (Wildman–Crippen LogP) is 3.36. The summed E-state index contributed by atoms with van der Waals surface area (Å²) in [6, 6.07) is 3.30. The van der Waals surface area contributed by atoms with Crippen LogP contribution in [0.1, 0.15) is 43.7 Å². The Labute approximate surface area is 106 Å². The van der Waals surface area contributed by atoms with E-state index in [4.69, 9.17) is 5.84 Å². The van der Waals surface area contributed by atoms with E-state index in [1.807, 2.05) is 0 Å². The maximum absolute atomic E-state index is 13.2. The monoisotopic (exact) mass is 252 g/mol. The van der Waals surface area contributed by atoms with Crippen LogP contribution in [0.4, 0.5) is 8.78 Å². The summed E-state index contributed by atoms with van der Waals surface area (Å²) in [6.45, 7) is 0. The first-order valence-electron chi connectivity index (χ1n) is 6.29. The van der Waals surface area contributed by atoms with E-state index in [1.165, 1.54) is 30.5 Å². The number of hydrazine groups is 1. The second kappa shape index (κ2) is 6.07. The van der Waals surface area contributed by atoms with E-state index < -0.39 is 11.6 Å². The Kier molecular flexibility index (Phi) is 4.44. The molecule has 98 valence electrons. The van der Waals surface area contributed by atoms with E-state index in [1.54, 1.807) is 0 Å². The minimum absolute atomic E-state index is 0.237. The molecule has 1 aliphatic carbocycles. The van der Waals surface area contributed by atoms with Crippen molar-refractivity contribution < 1.29 is 8.78 Å². The molecule has 0 heterocycles. The molecule has 0 aliphatic heterocycles. The zero-order chi connectivity index (χ0) is 13.0. The Bertz CT molecular complexity index is 423. The molecular formula is C14H18F2N2. The van der Waals surface area contributed by atoms with Gasteiger partial charge in [-0.1, -0.05) is 11.6 Å². The minimum atomic E-state index is -0.567. The molecule has 2 rings (SSSR count). The minimum Gasteiger partial charge on any atom is -0.271 e. The number of nitrogens with one attached hydrogen (secondary N) is 1. The van der Waals surface area contributed by atoms with Gasteiger partial charge < -0.3 is 0 Å². The highest BCUT2D eigenvalue weighted by Crippen LogP contribution is 2.27. The van der Waals surface area contributed by atoms with Gasteiger partial charge in [0.05, 0.1) is 0 Å². The molecule has 1 unspecified atom stereocenters. The van der Waals surface area contributed by atoms with Crippen LogP contribution < -0.4 is 11.3 Å². The van der Waals surface area contributed by atoms with Crippen molar-refractivity contribution in [2.45, 2.75) is 38.1 Å². The fourth-order valence-electron chi connectivity index (χ4n) is 2.40. The molecule has 1 aromatic rings. The van der Waals surface area contributed by atoms with Gasteiger partial charge in [0, 0.05) is 12.1 Å². The van der Waals surface area contributed by atoms with E-state index in [-0.39, 0.29) is 6.04 Å². The lowest BCUT2D eigenvalue weighted by Gasteiger charge is -2.20. The molecule has 1 atom stereocenters. The van der Waals surface area contributed by atoms with Crippen molar-refractivity contribution in [2.24, 2.45) is 5.84 Å². The summed E-state index contributed by atoms with van der Waals surface area (Å²) < 4.78 is 26.4. The van der Waals surface area contributed by atoms with Crippen molar-refractivity contribution in [3.05, 3.63) is 47.0 Å². The molecule has 0 radical (unpaired) electrons. The molecule has 0 spiro atoms. The van der Waals surface area contributed by atoms with Gasteiger partial charge in [-0.25, -0.2) is 8.78 Å². The lowest BCUT2D eigenvalue weighted by molar-refractivity contribution is 0.515. The third-order valence-corrected chi connectivity index (χ3v) is 3.34. The summed E-state index contributed by atoms with van der Waals surface area (Å²) in [7, 11) is 0. The quantitative estimate of drug-likeness (QED) is 0.490. The van der Waals surface area contributed by atoms with Gasteiger partial charge in [-0.2, -0.15) is 0 Å². The van der Waals surface area contributed by atoms with Gasteiger partial charge in [0.25, 0.3) is 0 Å². The van der Waals surface area contributed by atoms with Crippen LogP contribution in [0.25, 0.3) is 0 Å². The molecule has 1 aliphatic rings. The SMILES string of the molecule is NNC(CC1=CCCCC1)c1cc(F)cc(F)c1. The fourth-order valence-corrected chi connectivity index (χ4v) is 2.40. The molecule has 4 heteroatoms. The zero-order valence-electron chi connectivity index (χ0n) is 10.3. The average molecular weight is 252 g/mol. The highest BCUT2D eigenvalue weighted by atomic mass is 19.1. The molecule has 2 nitrogen and oxygen atoms in total. The van der Waals surface area contributed by atoms with Gasteiger partial charge in [0.1, 0.15) is 11.6 Å². The Morgan fingerprint density at radius 1 is 1.17 bits per heavy atom. The standard InChI is InChI=1S/C14H18F2N2/c15-12-7-11(8-13(16)9-12)14(18-17)6-10-4-2-1-3-5-10/h4,7-9,14,18H,1-3,5-6,17H2. The first-order valence-corrected chi connectivity index (χ1v) is 6.29. The van der Waals surface area contributed by atoms with Crippen LogP contribution in [0.3, 0.4) is 0 Å². The van der Waals surface area contributed by atoms with Crippen molar-refractivity contribution >= 4 is 0 Å². The first kappa shape index (κ1) is 13.2. The summed E-state index contributed by atoms with van der Waals surface area (Å²) in [6.07, 6.45) is 7.46. The first-order chi connectivity index (χ1) is 8.69. The Morgan fingerprint density at radius 2 is 1.89 bits per heavy atom. The van der Waals surface area contributed by atoms with Gasteiger partial charge in [-0.15, -0.1) is 0 Å². The Morgan fingerprint density at radius 3 is 2.44 bits per heavy atom. The third kappa shape index (κ3) is 3.37. The Hall–Kier alpha value is -1.26. The molecule has 0 aromatic heterocycles. The number of hydrogen-bond donors (Lipinski definition) is 2. The molecule has 0 fully saturated rings. The van der Waals surface area contributed by atoms with Crippen LogP contribution in [-0.4, -0.2) is 0 Å². The van der Waals surface area contributed by atoms with Crippen LogP contribution in [0, 0.1) is 11.6 Å². The predicted molar refractivity (Wildman–Crippen MR) is 67.6 cm³/mol. The second-order valence-corrected chi connectivity index (χ2v) is 4.73. The van der Waals surface area contributed by atoms with Gasteiger partial charge in [0.15, 0.2) is 0 Å². The highest BCUT2D eigenvalue weighted by molar-refractivity contribution is 5.23. The van der Waals surface area contributed by atoms with Crippen molar-refractivity contribution in [3.63, 3.8) is 0 Å². The lowest BCUT2D eigenvalue weighted by atomic mass is 9.92. The van der Waals surface area contributed by atoms with Crippen LogP contribution in [0.15, 0.2) is 29.8 Å². The second-order valence-electron chi connectivity index (χ2n) is 4.73. The topological polar surface area (TPSA) is 38.0 Å². The van der Waals surface area contributed by atoms with Crippen LogP contribution >= 0.6 is 0 Å². The molecule has 0 bridgehead atoms. The van der Waals surface area contributed by atoms with Gasteiger partial charge in [0.2, 0.25) is 0 Å². The fraction of sp³-hybridized carbons (Fsp3) is 0.429. The van der Waals surface area contributed by atoms with Crippen molar-refractivity contribution in [2.75, 3.05) is 0 Å². The number of benzene rings is 1. The number of halogens is 2. The van der Waals surface area contributed by atoms with E-state index in [2.05, 4.69) is 11.5 Å². The number of nitrogens with two attached hydrogens (primary N) is 1. The summed E-state index contributed by atoms with van der Waals surface area (Å²) >= 11 is 0. The molecule has 0 saturated carbocycles. The number of hydrogen-bond acceptors (Lipinski definition) is 2. The molecule has 18 heavy (non-hydrogen) atoms. The maximum atomic E-state index is 13.2. The van der Waals surface area contributed by atoms with E-state index in [0.29, 0.717) is 12.0 Å². The lowest BCUT2D eigenvalue weighted by Crippen LogP contribution is -2.28. The normalized spacial score (nSPS) is 17.4. The number of allylic oxidation sites excluding steroid dienone is 1. The van der Waals surface area contributed by atoms with Crippen LogP contribution in [0.5, 0.6) is 0 Å². The largest absolute Gasteiger partial charge is 0.271 e. The molecule has 0 saturated heterocycles. The van der Waals surface area contributed by atoms with E-state index in [0.717, 1.165) is 18.9 Å². The molecule has 3 N–H and O–H groups in total. The molecule has 1 aromatic carbocycles. The van der Waals surface area contributed by atoms with Gasteiger partial charge in [-0.05, 0) is 49.8 Å². The average Bonchev–Trinajstić information content (AvgIpc) is 2.36. The summed E-state index contributed by atoms with van der Waals surface area (Å²) in [5.41, 5.74) is 4.52. The summed E-state index contributed by atoms with van der Waals surface area (Å²) in [5.74, 6) is 4.37. The smallest absolute Gasteiger partial charge is 0.126 e. The van der Waals surface area contributed by atoms with Crippen molar-refractivity contribution in [1.82, 2.24) is 5.43 Å². The van der Waals surface area contributed by atoms with Gasteiger partial charge >= 0.3 is 0 Å². The zero-order valence-corrected chi connectivity index (χ0v) is 10.3. The third-order valence-electron chi connectivity index (χ3n) is 3.34. The van der Waals surface area contributed by atoms with Gasteiger partial charge in [-0.3, -0.25) is 11.3 Å². The van der Waals surface area contributed by atoms with Crippen molar-refractivity contribution in [1.29, 1.82) is 0 Å². The number of rotatable bonds is 4. The highest BCUT2D eigenvalue weighted by Gasteiger charge is 2.15. The van der Waals surface area contributed by atoms with Crippen LogP contribution in [-0.2, 0) is 0 Å². The van der Waals surface area contributed by atoms with E-state index >= 15 is 0 Å². The van der Waals surface area contributed by atoms with E-state index in [9.17, 15) is 8.78 Å². The van der Waals surface area contributed by atoms with Crippen LogP contribution in [0.2, 0.25) is 0 Å². The molecule has 0 amide bonds. The Balaban J connectivity index is 2.14. The molecular weight excluding hydrogens is 234 g/mol. The van der Waals surface area contributed by atoms with Crippen molar-refractivity contribution in [3.8, 4) is 0 Å².